The molecule has 5 nitrogen and oxygen atoms in total. The van der Waals surface area contributed by atoms with Crippen LogP contribution in [-0.4, -0.2) is 42.4 Å². The highest BCUT2D eigenvalue weighted by atomic mass is 16.5. The quantitative estimate of drug-likeness (QED) is 0.788. The van der Waals surface area contributed by atoms with Gasteiger partial charge < -0.3 is 14.8 Å². The average Bonchev–Trinajstić information content (AvgIpc) is 2.98. The van der Waals surface area contributed by atoms with E-state index >= 15 is 0 Å². The monoisotopic (exact) mass is 279 g/mol. The number of ether oxygens (including phenoxy) is 2. The molecule has 0 amide bonds. The first-order chi connectivity index (χ1) is 9.81. The number of methoxy groups -OCH3 is 1. The van der Waals surface area contributed by atoms with Crippen LogP contribution in [0.5, 0.6) is 5.88 Å². The summed E-state index contributed by atoms with van der Waals surface area (Å²) in [6, 6.07) is 2.35. The molecule has 0 spiro atoms. The van der Waals surface area contributed by atoms with E-state index in [4.69, 9.17) is 9.47 Å². The molecule has 2 rings (SSSR count). The van der Waals surface area contributed by atoms with Crippen molar-refractivity contribution in [2.24, 2.45) is 0 Å². The van der Waals surface area contributed by atoms with E-state index in [2.05, 4.69) is 22.2 Å². The maximum absolute atomic E-state index is 5.69. The number of nitrogens with one attached hydrogen (secondary N) is 1. The molecule has 0 bridgehead atoms. The van der Waals surface area contributed by atoms with Crippen LogP contribution in [0.25, 0.3) is 0 Å². The van der Waals surface area contributed by atoms with Gasteiger partial charge in [0.2, 0.25) is 5.88 Å². The summed E-state index contributed by atoms with van der Waals surface area (Å²) >= 11 is 0. The van der Waals surface area contributed by atoms with Crippen molar-refractivity contribution < 1.29 is 9.47 Å². The van der Waals surface area contributed by atoms with E-state index in [1.165, 1.54) is 12.8 Å². The molecule has 0 aromatic carbocycles. The second-order valence-electron chi connectivity index (χ2n) is 5.22. The molecule has 0 aliphatic carbocycles. The van der Waals surface area contributed by atoms with Crippen LogP contribution in [0, 0.1) is 0 Å². The average molecular weight is 279 g/mol. The molecule has 5 heteroatoms. The van der Waals surface area contributed by atoms with Gasteiger partial charge in [0.05, 0.1) is 13.2 Å². The Labute approximate surface area is 121 Å². The van der Waals surface area contributed by atoms with Crippen LogP contribution in [0.3, 0.4) is 0 Å². The van der Waals surface area contributed by atoms with E-state index in [-0.39, 0.29) is 0 Å². The first-order valence-corrected chi connectivity index (χ1v) is 7.51. The van der Waals surface area contributed by atoms with Gasteiger partial charge in [0.15, 0.2) is 0 Å². The third kappa shape index (κ3) is 4.72. The van der Waals surface area contributed by atoms with E-state index in [1.54, 1.807) is 13.4 Å². The van der Waals surface area contributed by atoms with Crippen LogP contribution >= 0.6 is 0 Å². The molecule has 2 heterocycles. The second-order valence-corrected chi connectivity index (χ2v) is 5.22. The highest BCUT2D eigenvalue weighted by Gasteiger charge is 2.18. The molecule has 1 aliphatic rings. The van der Waals surface area contributed by atoms with Crippen LogP contribution in [0.4, 0.5) is 0 Å². The Balaban J connectivity index is 1.86. The van der Waals surface area contributed by atoms with Crippen LogP contribution in [0.15, 0.2) is 12.4 Å². The summed E-state index contributed by atoms with van der Waals surface area (Å²) in [5.41, 5.74) is 1.02. The van der Waals surface area contributed by atoms with Crippen LogP contribution in [-0.2, 0) is 11.2 Å². The Bertz CT molecular complexity index is 394. The molecule has 1 aromatic rings. The second kappa shape index (κ2) is 8.17. The first-order valence-electron chi connectivity index (χ1n) is 7.51. The van der Waals surface area contributed by atoms with Crippen molar-refractivity contribution in [3.8, 4) is 5.88 Å². The van der Waals surface area contributed by atoms with E-state index in [0.717, 1.165) is 38.1 Å². The predicted octanol–water partition coefficient (Wildman–Crippen LogP) is 1.96. The molecule has 1 aliphatic heterocycles. The van der Waals surface area contributed by atoms with Crippen LogP contribution < -0.4 is 10.1 Å². The lowest BCUT2D eigenvalue weighted by Crippen LogP contribution is -2.32. The maximum atomic E-state index is 5.69. The van der Waals surface area contributed by atoms with Gasteiger partial charge in [-0.2, -0.15) is 0 Å². The summed E-state index contributed by atoms with van der Waals surface area (Å²) in [7, 11) is 1.63. The molecular weight excluding hydrogens is 254 g/mol. The third-order valence-electron chi connectivity index (χ3n) is 3.72. The normalized spacial score (nSPS) is 20.0. The van der Waals surface area contributed by atoms with Crippen molar-refractivity contribution in [2.75, 3.05) is 20.3 Å². The van der Waals surface area contributed by atoms with Crippen LogP contribution in [0.2, 0.25) is 0 Å². The lowest BCUT2D eigenvalue weighted by molar-refractivity contribution is 0.0996. The van der Waals surface area contributed by atoms with Gasteiger partial charge in [0.25, 0.3) is 0 Å². The fourth-order valence-corrected chi connectivity index (χ4v) is 2.68. The van der Waals surface area contributed by atoms with E-state index < -0.39 is 0 Å². The molecule has 112 valence electrons. The predicted molar refractivity (Wildman–Crippen MR) is 78.0 cm³/mol. The lowest BCUT2D eigenvalue weighted by Gasteiger charge is -2.19. The Morgan fingerprint density at radius 1 is 1.50 bits per heavy atom. The zero-order valence-electron chi connectivity index (χ0n) is 12.5. The van der Waals surface area contributed by atoms with Crippen molar-refractivity contribution in [2.45, 2.75) is 51.2 Å². The van der Waals surface area contributed by atoms with Crippen molar-refractivity contribution in [1.29, 1.82) is 0 Å². The highest BCUT2D eigenvalue weighted by molar-refractivity contribution is 5.14. The molecule has 1 fully saturated rings. The summed E-state index contributed by atoms with van der Waals surface area (Å²) in [5, 5.41) is 3.54. The molecular formula is C15H25N3O2. The maximum Gasteiger partial charge on any atom is 0.216 e. The smallest absolute Gasteiger partial charge is 0.216 e. The minimum atomic E-state index is 0.434. The Hall–Kier alpha value is -1.20. The van der Waals surface area contributed by atoms with E-state index in [1.807, 2.05) is 6.07 Å². The minimum Gasteiger partial charge on any atom is -0.481 e. The number of rotatable bonds is 8. The largest absolute Gasteiger partial charge is 0.481 e. The molecule has 1 saturated heterocycles. The number of aromatic nitrogens is 2. The number of hydrogen-bond acceptors (Lipinski definition) is 5. The first kappa shape index (κ1) is 15.2. The Kier molecular flexibility index (Phi) is 6.21. The van der Waals surface area contributed by atoms with Crippen molar-refractivity contribution >= 4 is 0 Å². The van der Waals surface area contributed by atoms with Gasteiger partial charge in [-0.05, 0) is 32.2 Å². The number of hydrogen-bond donors (Lipinski definition) is 1. The van der Waals surface area contributed by atoms with Gasteiger partial charge in [-0.1, -0.05) is 6.92 Å². The SMILES string of the molecule is CCNC(CCC1CCCO1)Cc1cc(OC)ncn1. The summed E-state index contributed by atoms with van der Waals surface area (Å²) in [5.74, 6) is 0.629. The van der Waals surface area contributed by atoms with E-state index in [0.29, 0.717) is 18.0 Å². The van der Waals surface area contributed by atoms with Gasteiger partial charge in [0.1, 0.15) is 6.33 Å². The molecule has 2 unspecified atom stereocenters. The summed E-state index contributed by atoms with van der Waals surface area (Å²) in [4.78, 5) is 8.37. The topological polar surface area (TPSA) is 56.3 Å². The van der Waals surface area contributed by atoms with Crippen molar-refractivity contribution in [3.63, 3.8) is 0 Å². The third-order valence-corrected chi connectivity index (χ3v) is 3.72. The molecule has 0 saturated carbocycles. The molecule has 0 radical (unpaired) electrons. The standard InChI is InChI=1S/C15H25N3O2/c1-3-16-12(6-7-14-5-4-8-20-14)9-13-10-15(19-2)18-11-17-13/h10-12,14,16H,3-9H2,1-2H3. The molecule has 20 heavy (non-hydrogen) atoms. The van der Waals surface area contributed by atoms with Gasteiger partial charge >= 0.3 is 0 Å². The van der Waals surface area contributed by atoms with Gasteiger partial charge in [-0.15, -0.1) is 0 Å². The van der Waals surface area contributed by atoms with Gasteiger partial charge in [0, 0.05) is 30.8 Å². The molecule has 2 atom stereocenters. The van der Waals surface area contributed by atoms with Crippen molar-refractivity contribution in [3.05, 3.63) is 18.1 Å². The molecule has 1 aromatic heterocycles. The zero-order chi connectivity index (χ0) is 14.2. The fourth-order valence-electron chi connectivity index (χ4n) is 2.68. The zero-order valence-corrected chi connectivity index (χ0v) is 12.5. The van der Waals surface area contributed by atoms with E-state index in [9.17, 15) is 0 Å². The number of nitrogens with zero attached hydrogens (tertiary/aromatic N) is 2. The Morgan fingerprint density at radius 3 is 3.10 bits per heavy atom. The number of likely N-dealkylation sites (N-methyl/N-ethyl adjacent to an activating group) is 1. The van der Waals surface area contributed by atoms with Crippen LogP contribution in [0.1, 0.15) is 38.3 Å². The fraction of sp³-hybridized carbons (Fsp3) is 0.733. The summed E-state index contributed by atoms with van der Waals surface area (Å²) < 4.78 is 10.8. The summed E-state index contributed by atoms with van der Waals surface area (Å²) in [6.07, 6.45) is 7.58. The van der Waals surface area contributed by atoms with Gasteiger partial charge in [-0.3, -0.25) is 0 Å². The van der Waals surface area contributed by atoms with Crippen molar-refractivity contribution in [1.82, 2.24) is 15.3 Å². The molecule has 1 N–H and O–H groups in total. The summed E-state index contributed by atoms with van der Waals surface area (Å²) in [6.45, 7) is 4.04. The lowest BCUT2D eigenvalue weighted by atomic mass is 10.0. The minimum absolute atomic E-state index is 0.434. The van der Waals surface area contributed by atoms with Gasteiger partial charge in [-0.25, -0.2) is 9.97 Å². The Morgan fingerprint density at radius 2 is 2.40 bits per heavy atom. The highest BCUT2D eigenvalue weighted by Crippen LogP contribution is 2.19.